The molecule has 0 atom stereocenters. The Morgan fingerprint density at radius 2 is 1.91 bits per heavy atom. The van der Waals surface area contributed by atoms with Gasteiger partial charge in [0, 0.05) is 5.39 Å². The summed E-state index contributed by atoms with van der Waals surface area (Å²) in [7, 11) is 1.64. The van der Waals surface area contributed by atoms with E-state index in [9.17, 15) is 5.26 Å². The average Bonchev–Trinajstić information content (AvgIpc) is 3.37. The molecule has 1 N–H and O–H groups in total. The molecule has 8 heteroatoms. The van der Waals surface area contributed by atoms with Gasteiger partial charge in [-0.25, -0.2) is 9.97 Å². The molecular weight excluding hydrogens is 420 g/mol. The van der Waals surface area contributed by atoms with Crippen molar-refractivity contribution in [3.05, 3.63) is 64.8 Å². The van der Waals surface area contributed by atoms with E-state index in [1.807, 2.05) is 24.3 Å². The highest BCUT2D eigenvalue weighted by Gasteiger charge is 2.17. The molecular formula is C24H20N6OS. The Morgan fingerprint density at radius 1 is 1.06 bits per heavy atom. The Hall–Kier alpha value is -3.96. The number of aryl methyl sites for hydroxylation is 3. The molecule has 0 fully saturated rings. The first-order chi connectivity index (χ1) is 15.5. The van der Waals surface area contributed by atoms with Crippen LogP contribution in [0.3, 0.4) is 0 Å². The number of anilines is 2. The summed E-state index contributed by atoms with van der Waals surface area (Å²) < 4.78 is 7.96. The third-order valence-electron chi connectivity index (χ3n) is 5.37. The van der Waals surface area contributed by atoms with Crippen LogP contribution >= 0.6 is 11.3 Å². The number of nitriles is 1. The molecule has 0 amide bonds. The Labute approximate surface area is 188 Å². The van der Waals surface area contributed by atoms with Gasteiger partial charge in [0.25, 0.3) is 0 Å². The summed E-state index contributed by atoms with van der Waals surface area (Å²) in [6, 6.07) is 14.2. The first-order valence-electron chi connectivity index (χ1n) is 10.1. The summed E-state index contributed by atoms with van der Waals surface area (Å²) in [5, 5.41) is 19.2. The lowest BCUT2D eigenvalue weighted by Gasteiger charge is -2.12. The van der Waals surface area contributed by atoms with E-state index in [-0.39, 0.29) is 0 Å². The topological polar surface area (TPSA) is 88.6 Å². The van der Waals surface area contributed by atoms with Crippen LogP contribution in [0.1, 0.15) is 22.3 Å². The summed E-state index contributed by atoms with van der Waals surface area (Å²) in [5.41, 5.74) is 5.61. The largest absolute Gasteiger partial charge is 0.497 e. The maximum atomic E-state index is 9.67. The second-order valence-corrected chi connectivity index (χ2v) is 8.71. The number of fused-ring (bicyclic) bond motifs is 2. The minimum absolute atomic E-state index is 0.419. The van der Waals surface area contributed by atoms with E-state index in [1.165, 1.54) is 16.9 Å². The predicted molar refractivity (Wildman–Crippen MR) is 127 cm³/mol. The molecule has 0 bridgehead atoms. The lowest BCUT2D eigenvalue weighted by molar-refractivity contribution is 0.415. The van der Waals surface area contributed by atoms with Crippen LogP contribution in [0.15, 0.2) is 42.6 Å². The minimum Gasteiger partial charge on any atom is -0.497 e. The molecule has 3 aromatic heterocycles. The number of pyridine rings is 1. The summed E-state index contributed by atoms with van der Waals surface area (Å²) in [4.78, 5) is 9.53. The van der Waals surface area contributed by atoms with Crippen molar-refractivity contribution in [3.63, 3.8) is 0 Å². The van der Waals surface area contributed by atoms with Gasteiger partial charge in [-0.1, -0.05) is 23.0 Å². The van der Waals surface area contributed by atoms with Crippen molar-refractivity contribution in [2.45, 2.75) is 20.8 Å². The number of benzene rings is 2. The molecule has 3 heterocycles. The van der Waals surface area contributed by atoms with Crippen LogP contribution in [-0.2, 0) is 0 Å². The lowest BCUT2D eigenvalue weighted by atomic mass is 10.0. The van der Waals surface area contributed by atoms with Crippen molar-refractivity contribution >= 4 is 43.4 Å². The van der Waals surface area contributed by atoms with E-state index in [0.717, 1.165) is 38.0 Å². The normalized spacial score (nSPS) is 11.1. The van der Waals surface area contributed by atoms with Crippen LogP contribution in [0.5, 0.6) is 5.75 Å². The van der Waals surface area contributed by atoms with Crippen molar-refractivity contribution in [1.82, 2.24) is 19.7 Å². The predicted octanol–water partition coefficient (Wildman–Crippen LogP) is 5.58. The molecule has 5 rings (SSSR count). The highest BCUT2D eigenvalue weighted by Crippen LogP contribution is 2.33. The molecule has 5 aromatic rings. The minimum atomic E-state index is 0.419. The van der Waals surface area contributed by atoms with E-state index >= 15 is 0 Å². The second-order valence-electron chi connectivity index (χ2n) is 7.68. The number of hydrogen-bond acceptors (Lipinski definition) is 7. The van der Waals surface area contributed by atoms with Gasteiger partial charge in [-0.05, 0) is 62.2 Å². The fraction of sp³-hybridized carbons (Fsp3) is 0.167. The van der Waals surface area contributed by atoms with E-state index in [4.69, 9.17) is 9.72 Å². The van der Waals surface area contributed by atoms with Crippen LogP contribution in [0.4, 0.5) is 10.9 Å². The van der Waals surface area contributed by atoms with Crippen LogP contribution < -0.4 is 10.1 Å². The molecule has 0 aliphatic carbocycles. The zero-order valence-corrected chi connectivity index (χ0v) is 18.9. The Kier molecular flexibility index (Phi) is 4.76. The maximum absolute atomic E-state index is 9.67. The van der Waals surface area contributed by atoms with Gasteiger partial charge in [0.15, 0.2) is 16.8 Å². The molecule has 0 spiro atoms. The number of ether oxygens (including phenoxy) is 1. The first-order valence-corrected chi connectivity index (χ1v) is 10.9. The Balaban J connectivity index is 1.62. The van der Waals surface area contributed by atoms with E-state index < -0.39 is 0 Å². The quantitative estimate of drug-likeness (QED) is 0.392. The van der Waals surface area contributed by atoms with Crippen molar-refractivity contribution < 1.29 is 4.74 Å². The van der Waals surface area contributed by atoms with Crippen molar-refractivity contribution in [2.24, 2.45) is 0 Å². The van der Waals surface area contributed by atoms with Gasteiger partial charge in [-0.3, -0.25) is 0 Å². The van der Waals surface area contributed by atoms with Gasteiger partial charge in [0.2, 0.25) is 0 Å². The van der Waals surface area contributed by atoms with Crippen molar-refractivity contribution in [1.29, 1.82) is 5.26 Å². The number of hydrogen-bond donors (Lipinski definition) is 1. The van der Waals surface area contributed by atoms with Gasteiger partial charge in [0.05, 0.1) is 29.0 Å². The highest BCUT2D eigenvalue weighted by atomic mass is 32.1. The van der Waals surface area contributed by atoms with Crippen LogP contribution in [-0.4, -0.2) is 26.9 Å². The summed E-state index contributed by atoms with van der Waals surface area (Å²) in [6.07, 6.45) is 1.54. The van der Waals surface area contributed by atoms with Crippen LogP contribution in [0.25, 0.3) is 26.9 Å². The van der Waals surface area contributed by atoms with Gasteiger partial charge >= 0.3 is 0 Å². The zero-order chi connectivity index (χ0) is 22.4. The number of rotatable bonds is 4. The van der Waals surface area contributed by atoms with E-state index in [0.29, 0.717) is 22.3 Å². The third kappa shape index (κ3) is 3.33. The summed E-state index contributed by atoms with van der Waals surface area (Å²) in [5.74, 6) is 1.96. The molecule has 2 aromatic carbocycles. The molecule has 158 valence electrons. The molecule has 0 radical (unpaired) electrons. The number of nitrogens with zero attached hydrogens (tertiary/aromatic N) is 5. The summed E-state index contributed by atoms with van der Waals surface area (Å²) >= 11 is 1.48. The van der Waals surface area contributed by atoms with Crippen LogP contribution in [0, 0.1) is 32.1 Å². The first kappa shape index (κ1) is 20.0. The van der Waals surface area contributed by atoms with Crippen molar-refractivity contribution in [3.8, 4) is 17.6 Å². The molecule has 0 aliphatic rings. The molecule has 0 unspecified atom stereocenters. The van der Waals surface area contributed by atoms with E-state index in [1.54, 1.807) is 18.0 Å². The number of methoxy groups -OCH3 is 1. The summed E-state index contributed by atoms with van der Waals surface area (Å²) in [6.45, 7) is 6.21. The fourth-order valence-corrected chi connectivity index (χ4v) is 4.74. The SMILES string of the molecule is COc1ccc2nc(Nc3c(C#N)cnn3-c3cc(C)c4cc(C)cc(C)c4n3)sc2c1. The fourth-order valence-electron chi connectivity index (χ4n) is 3.85. The molecule has 32 heavy (non-hydrogen) atoms. The number of aromatic nitrogens is 4. The standard InChI is InChI=1S/C24H20N6OS/c1-13-7-15(3)22-18(8-13)14(2)9-21(28-22)30-23(16(11-25)12-26-30)29-24-27-19-6-5-17(31-4)10-20(19)32-24/h5-10,12H,1-4H3,(H,27,29). The van der Waals surface area contributed by atoms with Gasteiger partial charge in [0.1, 0.15) is 17.4 Å². The Morgan fingerprint density at radius 3 is 2.69 bits per heavy atom. The van der Waals surface area contributed by atoms with Gasteiger partial charge < -0.3 is 10.1 Å². The highest BCUT2D eigenvalue weighted by molar-refractivity contribution is 7.22. The average molecular weight is 441 g/mol. The molecule has 0 aliphatic heterocycles. The molecule has 7 nitrogen and oxygen atoms in total. The van der Waals surface area contributed by atoms with Crippen LogP contribution in [0.2, 0.25) is 0 Å². The number of nitrogens with one attached hydrogen (secondary N) is 1. The third-order valence-corrected chi connectivity index (χ3v) is 6.30. The maximum Gasteiger partial charge on any atom is 0.189 e. The zero-order valence-electron chi connectivity index (χ0n) is 18.1. The van der Waals surface area contributed by atoms with Crippen molar-refractivity contribution in [2.75, 3.05) is 12.4 Å². The smallest absolute Gasteiger partial charge is 0.189 e. The van der Waals surface area contributed by atoms with E-state index in [2.05, 4.69) is 54.4 Å². The van der Waals surface area contributed by atoms with Gasteiger partial charge in [-0.15, -0.1) is 0 Å². The lowest BCUT2D eigenvalue weighted by Crippen LogP contribution is -2.06. The Bertz CT molecular complexity index is 1540. The monoisotopic (exact) mass is 440 g/mol. The van der Waals surface area contributed by atoms with Gasteiger partial charge in [-0.2, -0.15) is 15.0 Å². The molecule has 0 saturated heterocycles. The number of thiazole rings is 1. The molecule has 0 saturated carbocycles. The second kappa shape index (κ2) is 7.62.